The number of rotatable bonds is 47. The van der Waals surface area contributed by atoms with E-state index in [9.17, 15) is 19.0 Å². The number of unbranched alkanes of at least 4 members (excludes halogenated alkanes) is 17. The highest BCUT2D eigenvalue weighted by molar-refractivity contribution is 7.47. The fraction of sp³-hybridized carbons (Fsp3) is 0.667. The molecule has 0 saturated heterocycles. The number of hydrogen-bond donors (Lipinski definition) is 3. The summed E-state index contributed by atoms with van der Waals surface area (Å²) in [6.07, 6.45) is 64.6. The summed E-state index contributed by atoms with van der Waals surface area (Å²) in [5.41, 5.74) is 5.37. The second kappa shape index (κ2) is 48.8. The van der Waals surface area contributed by atoms with Crippen molar-refractivity contribution in [1.29, 1.82) is 0 Å². The number of carboxylic acid groups (broad SMARTS) is 1. The SMILES string of the molecule is CC/C=C\C/C=C\C/C=C\C/C=C\C/C=C\C/C=C\CCCCCCC(=O)OC(COCCCCCCCCCCCC/C=C\C/C=C\CCCCC)COP(=O)(O)OCC(N)C(=O)O. The number of carbonyl (C=O) groups excluding carboxylic acids is 1. The Kier molecular flexibility index (Phi) is 46.5. The van der Waals surface area contributed by atoms with Crippen molar-refractivity contribution in [2.75, 3.05) is 26.4 Å². The molecule has 65 heavy (non-hydrogen) atoms. The van der Waals surface area contributed by atoms with Gasteiger partial charge in [0.2, 0.25) is 0 Å². The molecule has 0 aliphatic heterocycles. The van der Waals surface area contributed by atoms with Crippen LogP contribution >= 0.6 is 7.82 Å². The lowest BCUT2D eigenvalue weighted by Crippen LogP contribution is -2.34. The first kappa shape index (κ1) is 61.9. The molecule has 0 saturated carbocycles. The van der Waals surface area contributed by atoms with E-state index in [0.717, 1.165) is 89.9 Å². The lowest BCUT2D eigenvalue weighted by atomic mass is 10.1. The predicted octanol–water partition coefficient (Wildman–Crippen LogP) is 14.9. The van der Waals surface area contributed by atoms with Crippen molar-refractivity contribution in [2.45, 2.75) is 206 Å². The molecular weight excluding hydrogens is 838 g/mol. The molecule has 0 heterocycles. The molecule has 0 bridgehead atoms. The average molecular weight is 930 g/mol. The molecule has 372 valence electrons. The molecule has 0 radical (unpaired) electrons. The van der Waals surface area contributed by atoms with E-state index in [1.165, 1.54) is 77.0 Å². The van der Waals surface area contributed by atoms with E-state index in [-0.39, 0.29) is 13.0 Å². The highest BCUT2D eigenvalue weighted by atomic mass is 31.2. The topological polar surface area (TPSA) is 155 Å². The predicted molar refractivity (Wildman–Crippen MR) is 272 cm³/mol. The summed E-state index contributed by atoms with van der Waals surface area (Å²) in [5, 5.41) is 8.93. The van der Waals surface area contributed by atoms with Gasteiger partial charge < -0.3 is 25.2 Å². The quantitative estimate of drug-likeness (QED) is 0.0232. The van der Waals surface area contributed by atoms with Crippen LogP contribution in [0, 0.1) is 0 Å². The molecule has 3 unspecified atom stereocenters. The highest BCUT2D eigenvalue weighted by Gasteiger charge is 2.27. The monoisotopic (exact) mass is 930 g/mol. The maximum Gasteiger partial charge on any atom is 0.472 e. The van der Waals surface area contributed by atoms with E-state index in [0.29, 0.717) is 13.0 Å². The second-order valence-electron chi connectivity index (χ2n) is 16.6. The van der Waals surface area contributed by atoms with Gasteiger partial charge in [0.25, 0.3) is 0 Å². The lowest BCUT2D eigenvalue weighted by Gasteiger charge is -2.20. The van der Waals surface area contributed by atoms with Crippen LogP contribution in [-0.2, 0) is 32.7 Å². The number of carboxylic acids is 1. The van der Waals surface area contributed by atoms with Gasteiger partial charge in [-0.25, -0.2) is 4.57 Å². The van der Waals surface area contributed by atoms with Crippen molar-refractivity contribution in [2.24, 2.45) is 5.73 Å². The van der Waals surface area contributed by atoms with Gasteiger partial charge in [-0.15, -0.1) is 0 Å². The molecule has 0 rings (SSSR count). The van der Waals surface area contributed by atoms with E-state index in [1.54, 1.807) is 0 Å². The Bertz CT molecular complexity index is 1400. The fourth-order valence-electron chi connectivity index (χ4n) is 6.46. The lowest BCUT2D eigenvalue weighted by molar-refractivity contribution is -0.154. The molecule has 0 aromatic rings. The summed E-state index contributed by atoms with van der Waals surface area (Å²) >= 11 is 0. The molecule has 0 amide bonds. The summed E-state index contributed by atoms with van der Waals surface area (Å²) in [6, 6.07) is -1.48. The van der Waals surface area contributed by atoms with E-state index in [4.69, 9.17) is 29.4 Å². The largest absolute Gasteiger partial charge is 0.480 e. The van der Waals surface area contributed by atoms with Gasteiger partial charge in [-0.05, 0) is 96.3 Å². The van der Waals surface area contributed by atoms with Crippen LogP contribution in [0.1, 0.15) is 194 Å². The smallest absolute Gasteiger partial charge is 0.472 e. The third-order valence-corrected chi connectivity index (χ3v) is 11.3. The Morgan fingerprint density at radius 2 is 0.892 bits per heavy atom. The molecule has 0 aromatic carbocycles. The van der Waals surface area contributed by atoms with Gasteiger partial charge >= 0.3 is 19.8 Å². The standard InChI is InChI=1S/C54H92NO9P/c1-3-5-7-9-11-13-15-17-19-21-23-25-26-27-28-30-32-34-36-38-40-42-44-46-53(56)64-51(49-62-65(59,60)63-50-52(55)54(57)58)48-61-47-45-43-41-39-37-35-33-31-29-24-22-20-18-16-14-12-10-8-6-4-2/h5,7,11-14,17-20,23,25,27-28,32,34,51-52H,3-4,6,8-10,15-16,21-22,24,26,29-31,33,35-50,55H2,1-2H3,(H,57,58)(H,59,60)/b7-5-,13-11-,14-12-,19-17-,20-18-,25-23-,28-27-,34-32-. The van der Waals surface area contributed by atoms with E-state index >= 15 is 0 Å². The summed E-state index contributed by atoms with van der Waals surface area (Å²) in [5.74, 6) is -1.81. The summed E-state index contributed by atoms with van der Waals surface area (Å²) in [7, 11) is -4.64. The van der Waals surface area contributed by atoms with Crippen molar-refractivity contribution in [3.8, 4) is 0 Å². The van der Waals surface area contributed by atoms with Crippen LogP contribution in [0.3, 0.4) is 0 Å². The van der Waals surface area contributed by atoms with Gasteiger partial charge in [0.05, 0.1) is 19.8 Å². The Labute approximate surface area is 396 Å². The van der Waals surface area contributed by atoms with Crippen LogP contribution in [0.25, 0.3) is 0 Å². The van der Waals surface area contributed by atoms with Crippen LogP contribution in [0.2, 0.25) is 0 Å². The first-order valence-corrected chi connectivity index (χ1v) is 26.8. The van der Waals surface area contributed by atoms with Crippen LogP contribution < -0.4 is 5.73 Å². The Balaban J connectivity index is 4.25. The molecular formula is C54H92NO9P. The van der Waals surface area contributed by atoms with Crippen LogP contribution in [0.15, 0.2) is 97.2 Å². The molecule has 0 aromatic heterocycles. The van der Waals surface area contributed by atoms with Gasteiger partial charge in [0, 0.05) is 13.0 Å². The van der Waals surface area contributed by atoms with Crippen molar-refractivity contribution in [3.63, 3.8) is 0 Å². The minimum atomic E-state index is -4.64. The van der Waals surface area contributed by atoms with Gasteiger partial charge in [-0.1, -0.05) is 188 Å². The van der Waals surface area contributed by atoms with E-state index in [2.05, 4.69) is 111 Å². The maximum atomic E-state index is 12.7. The van der Waals surface area contributed by atoms with Crippen LogP contribution in [-0.4, -0.2) is 60.5 Å². The third-order valence-electron chi connectivity index (χ3n) is 10.3. The van der Waals surface area contributed by atoms with Crippen molar-refractivity contribution in [1.82, 2.24) is 0 Å². The van der Waals surface area contributed by atoms with Gasteiger partial charge in [-0.3, -0.25) is 18.6 Å². The molecule has 0 fully saturated rings. The number of phosphoric ester groups is 1. The molecule has 11 heteroatoms. The number of aliphatic carboxylic acids is 1. The number of phosphoric acid groups is 1. The first-order valence-electron chi connectivity index (χ1n) is 25.3. The van der Waals surface area contributed by atoms with Crippen LogP contribution in [0.5, 0.6) is 0 Å². The number of ether oxygens (including phenoxy) is 2. The minimum Gasteiger partial charge on any atom is -0.480 e. The number of allylic oxidation sites excluding steroid dienone is 16. The summed E-state index contributed by atoms with van der Waals surface area (Å²) in [6.45, 7) is 3.70. The normalized spacial score (nSPS) is 14.5. The zero-order valence-electron chi connectivity index (χ0n) is 40.8. The molecule has 4 N–H and O–H groups in total. The summed E-state index contributed by atoms with van der Waals surface area (Å²) in [4.78, 5) is 33.7. The van der Waals surface area contributed by atoms with E-state index < -0.39 is 45.1 Å². The zero-order valence-corrected chi connectivity index (χ0v) is 41.7. The average Bonchev–Trinajstić information content (AvgIpc) is 3.29. The van der Waals surface area contributed by atoms with Crippen molar-refractivity contribution < 1.29 is 42.7 Å². The minimum absolute atomic E-state index is 0.00169. The number of nitrogens with two attached hydrogens (primary N) is 1. The third kappa shape index (κ3) is 48.6. The number of esters is 1. The Morgan fingerprint density at radius 3 is 1.34 bits per heavy atom. The van der Waals surface area contributed by atoms with E-state index in [1.807, 2.05) is 0 Å². The molecule has 10 nitrogen and oxygen atoms in total. The number of carbonyl (C=O) groups is 2. The fourth-order valence-corrected chi connectivity index (χ4v) is 7.24. The number of hydrogen-bond acceptors (Lipinski definition) is 8. The molecule has 3 atom stereocenters. The first-order chi connectivity index (χ1) is 31.7. The molecule has 0 aliphatic carbocycles. The zero-order chi connectivity index (χ0) is 47.6. The second-order valence-corrected chi connectivity index (χ2v) is 18.0. The molecule has 0 aliphatic rings. The maximum absolute atomic E-state index is 12.7. The molecule has 0 spiro atoms. The highest BCUT2D eigenvalue weighted by Crippen LogP contribution is 2.43. The summed E-state index contributed by atoms with van der Waals surface area (Å²) < 4.78 is 33.5. The Hall–Kier alpha value is -3.11. The Morgan fingerprint density at radius 1 is 0.508 bits per heavy atom. The van der Waals surface area contributed by atoms with Gasteiger partial charge in [0.15, 0.2) is 0 Å². The van der Waals surface area contributed by atoms with Crippen LogP contribution in [0.4, 0.5) is 0 Å². The van der Waals surface area contributed by atoms with Gasteiger partial charge in [0.1, 0.15) is 12.1 Å². The van der Waals surface area contributed by atoms with Crippen molar-refractivity contribution in [3.05, 3.63) is 97.2 Å². The van der Waals surface area contributed by atoms with Crippen molar-refractivity contribution >= 4 is 19.8 Å². The van der Waals surface area contributed by atoms with Gasteiger partial charge in [-0.2, -0.15) is 0 Å².